The van der Waals surface area contributed by atoms with Crippen molar-refractivity contribution in [3.8, 4) is 11.3 Å². The molecule has 1 amide bonds. The van der Waals surface area contributed by atoms with Crippen molar-refractivity contribution in [1.29, 1.82) is 0 Å². The van der Waals surface area contributed by atoms with Gasteiger partial charge in [-0.25, -0.2) is 4.79 Å². The third kappa shape index (κ3) is 3.10. The lowest BCUT2D eigenvalue weighted by atomic mass is 10.2. The Labute approximate surface area is 105 Å². The first-order chi connectivity index (χ1) is 8.79. The Morgan fingerprint density at radius 1 is 1.39 bits per heavy atom. The molecule has 0 aliphatic heterocycles. The second kappa shape index (κ2) is 5.86. The zero-order chi connectivity index (χ0) is 12.8. The van der Waals surface area contributed by atoms with E-state index in [4.69, 9.17) is 9.26 Å². The van der Waals surface area contributed by atoms with E-state index in [-0.39, 0.29) is 5.88 Å². The van der Waals surface area contributed by atoms with Crippen molar-refractivity contribution in [3.05, 3.63) is 36.4 Å². The summed E-state index contributed by atoms with van der Waals surface area (Å²) in [5.41, 5.74) is 1.60. The van der Waals surface area contributed by atoms with Gasteiger partial charge in [0, 0.05) is 11.6 Å². The highest BCUT2D eigenvalue weighted by atomic mass is 16.6. The molecule has 5 heteroatoms. The third-order valence-electron chi connectivity index (χ3n) is 2.24. The van der Waals surface area contributed by atoms with Crippen molar-refractivity contribution in [2.45, 2.75) is 13.3 Å². The van der Waals surface area contributed by atoms with Crippen LogP contribution in [-0.4, -0.2) is 17.9 Å². The molecule has 0 saturated carbocycles. The lowest BCUT2D eigenvalue weighted by Crippen LogP contribution is -2.13. The number of carbonyl (C=O) groups is 1. The molecule has 0 fully saturated rings. The quantitative estimate of drug-likeness (QED) is 0.898. The van der Waals surface area contributed by atoms with E-state index < -0.39 is 6.09 Å². The minimum atomic E-state index is -0.535. The summed E-state index contributed by atoms with van der Waals surface area (Å²) in [6.45, 7) is 2.31. The van der Waals surface area contributed by atoms with Crippen LogP contribution in [0.4, 0.5) is 10.7 Å². The van der Waals surface area contributed by atoms with E-state index in [1.807, 2.05) is 37.3 Å². The van der Waals surface area contributed by atoms with Gasteiger partial charge in [-0.15, -0.1) is 0 Å². The lowest BCUT2D eigenvalue weighted by molar-refractivity contribution is 0.161. The maximum Gasteiger partial charge on any atom is 0.414 e. The lowest BCUT2D eigenvalue weighted by Gasteiger charge is -2.01. The second-order valence-electron chi connectivity index (χ2n) is 3.70. The van der Waals surface area contributed by atoms with Crippen LogP contribution in [0.3, 0.4) is 0 Å². The fraction of sp³-hybridized carbons (Fsp3) is 0.231. The van der Waals surface area contributed by atoms with Gasteiger partial charge in [0.05, 0.1) is 6.61 Å². The first-order valence-electron chi connectivity index (χ1n) is 5.75. The summed E-state index contributed by atoms with van der Waals surface area (Å²) in [4.78, 5) is 11.3. The molecule has 2 rings (SSSR count). The van der Waals surface area contributed by atoms with Gasteiger partial charge in [-0.05, 0) is 6.42 Å². The molecular weight excluding hydrogens is 232 g/mol. The number of benzene rings is 1. The highest BCUT2D eigenvalue weighted by Crippen LogP contribution is 2.21. The second-order valence-corrected chi connectivity index (χ2v) is 3.70. The molecule has 1 heterocycles. The van der Waals surface area contributed by atoms with Gasteiger partial charge in [-0.1, -0.05) is 42.4 Å². The average molecular weight is 246 g/mol. The van der Waals surface area contributed by atoms with Crippen molar-refractivity contribution in [1.82, 2.24) is 5.16 Å². The molecule has 0 unspecified atom stereocenters. The van der Waals surface area contributed by atoms with Crippen LogP contribution in [-0.2, 0) is 4.74 Å². The van der Waals surface area contributed by atoms with Crippen molar-refractivity contribution in [2.24, 2.45) is 0 Å². The third-order valence-corrected chi connectivity index (χ3v) is 2.24. The Balaban J connectivity index is 2.00. The summed E-state index contributed by atoms with van der Waals surface area (Å²) in [7, 11) is 0. The number of amides is 1. The van der Waals surface area contributed by atoms with Gasteiger partial charge in [0.1, 0.15) is 5.69 Å². The Kier molecular flexibility index (Phi) is 3.96. The van der Waals surface area contributed by atoms with Crippen molar-refractivity contribution in [2.75, 3.05) is 11.9 Å². The zero-order valence-electron chi connectivity index (χ0n) is 10.1. The van der Waals surface area contributed by atoms with E-state index in [0.29, 0.717) is 12.3 Å². The molecule has 0 aliphatic rings. The van der Waals surface area contributed by atoms with Gasteiger partial charge in [0.2, 0.25) is 5.88 Å². The number of hydrogen-bond acceptors (Lipinski definition) is 4. The van der Waals surface area contributed by atoms with Crippen LogP contribution in [0.1, 0.15) is 13.3 Å². The molecular formula is C13H14N2O3. The highest BCUT2D eigenvalue weighted by molar-refractivity contribution is 5.83. The number of ether oxygens (including phenoxy) is 1. The number of rotatable bonds is 4. The Bertz CT molecular complexity index is 508. The zero-order valence-corrected chi connectivity index (χ0v) is 10.1. The van der Waals surface area contributed by atoms with Crippen molar-refractivity contribution in [3.63, 3.8) is 0 Å². The molecule has 1 aromatic carbocycles. The predicted octanol–water partition coefficient (Wildman–Crippen LogP) is 3.30. The van der Waals surface area contributed by atoms with Crippen molar-refractivity contribution < 1.29 is 14.1 Å². The first kappa shape index (κ1) is 12.2. The summed E-state index contributed by atoms with van der Waals surface area (Å²) in [6, 6.07) is 11.2. The Morgan fingerprint density at radius 2 is 2.17 bits per heavy atom. The van der Waals surface area contributed by atoms with Crippen LogP contribution in [0.2, 0.25) is 0 Å². The molecule has 1 aromatic heterocycles. The number of hydrogen-bond donors (Lipinski definition) is 1. The normalized spacial score (nSPS) is 10.1. The van der Waals surface area contributed by atoms with Gasteiger partial charge in [0.15, 0.2) is 0 Å². The SMILES string of the molecule is CCCOC(=O)Nc1cc(-c2ccccc2)no1. The smallest absolute Gasteiger partial charge is 0.414 e. The van der Waals surface area contributed by atoms with Gasteiger partial charge < -0.3 is 9.26 Å². The molecule has 0 bridgehead atoms. The van der Waals surface area contributed by atoms with E-state index in [0.717, 1.165) is 12.0 Å². The molecule has 1 N–H and O–H groups in total. The van der Waals surface area contributed by atoms with Gasteiger partial charge in [-0.2, -0.15) is 0 Å². The molecule has 5 nitrogen and oxygen atoms in total. The Morgan fingerprint density at radius 3 is 2.89 bits per heavy atom. The standard InChI is InChI=1S/C13H14N2O3/c1-2-8-17-13(16)14-12-9-11(15-18-12)10-6-4-3-5-7-10/h3-7,9H,2,8H2,1H3,(H,14,16). The van der Waals surface area contributed by atoms with Gasteiger partial charge >= 0.3 is 6.09 Å². The van der Waals surface area contributed by atoms with E-state index in [9.17, 15) is 4.79 Å². The maximum atomic E-state index is 11.3. The predicted molar refractivity (Wildman–Crippen MR) is 67.2 cm³/mol. The minimum Gasteiger partial charge on any atom is -0.449 e. The molecule has 0 saturated heterocycles. The van der Waals surface area contributed by atoms with Gasteiger partial charge in [0.25, 0.3) is 0 Å². The Hall–Kier alpha value is -2.30. The maximum absolute atomic E-state index is 11.3. The molecule has 2 aromatic rings. The molecule has 94 valence electrons. The largest absolute Gasteiger partial charge is 0.449 e. The van der Waals surface area contributed by atoms with Crippen LogP contribution in [0, 0.1) is 0 Å². The molecule has 18 heavy (non-hydrogen) atoms. The number of anilines is 1. The van der Waals surface area contributed by atoms with E-state index in [1.54, 1.807) is 6.07 Å². The van der Waals surface area contributed by atoms with Crippen molar-refractivity contribution >= 4 is 12.0 Å². The summed E-state index contributed by atoms with van der Waals surface area (Å²) < 4.78 is 9.88. The minimum absolute atomic E-state index is 0.273. The van der Waals surface area contributed by atoms with Crippen LogP contribution in [0.5, 0.6) is 0 Å². The van der Waals surface area contributed by atoms with Crippen LogP contribution in [0.15, 0.2) is 40.9 Å². The van der Waals surface area contributed by atoms with E-state index in [2.05, 4.69) is 10.5 Å². The van der Waals surface area contributed by atoms with Gasteiger partial charge in [-0.3, -0.25) is 5.32 Å². The molecule has 0 spiro atoms. The number of nitrogens with zero attached hydrogens (tertiary/aromatic N) is 1. The fourth-order valence-electron chi connectivity index (χ4n) is 1.41. The summed E-state index contributed by atoms with van der Waals surface area (Å²) in [5, 5.41) is 6.35. The molecule has 0 aliphatic carbocycles. The topological polar surface area (TPSA) is 64.4 Å². The average Bonchev–Trinajstić information content (AvgIpc) is 2.86. The summed E-state index contributed by atoms with van der Waals surface area (Å²) >= 11 is 0. The fourth-order valence-corrected chi connectivity index (χ4v) is 1.41. The van der Waals surface area contributed by atoms with Crippen LogP contribution < -0.4 is 5.32 Å². The van der Waals surface area contributed by atoms with E-state index >= 15 is 0 Å². The summed E-state index contributed by atoms with van der Waals surface area (Å²) in [6.07, 6.45) is 0.242. The number of aromatic nitrogens is 1. The van der Waals surface area contributed by atoms with Crippen LogP contribution >= 0.6 is 0 Å². The van der Waals surface area contributed by atoms with Crippen LogP contribution in [0.25, 0.3) is 11.3 Å². The highest BCUT2D eigenvalue weighted by Gasteiger charge is 2.09. The molecule has 0 atom stereocenters. The summed E-state index contributed by atoms with van der Waals surface area (Å²) in [5.74, 6) is 0.273. The number of carbonyl (C=O) groups excluding carboxylic acids is 1. The first-order valence-corrected chi connectivity index (χ1v) is 5.75. The number of nitrogens with one attached hydrogen (secondary N) is 1. The molecule has 0 radical (unpaired) electrons. The monoisotopic (exact) mass is 246 g/mol. The van der Waals surface area contributed by atoms with E-state index in [1.165, 1.54) is 0 Å².